The first kappa shape index (κ1) is 20.1. The molecule has 1 unspecified atom stereocenters. The molecular weight excluding hydrogens is 403 g/mol. The van der Waals surface area contributed by atoms with Gasteiger partial charge in [0, 0.05) is 11.4 Å². The molecular formula is C20H18ClFN2O3S. The fourth-order valence-electron chi connectivity index (χ4n) is 3.12. The standard InChI is InChI=1S/C20H18ClFN2O3S/c1-11-17(19(25)27-3)18(12-5-4-6-14(9-12)26-2)23-20(28)24(11)13-7-8-16(22)15(21)10-13/h4-10,18H,1-3H3,(H,23,28). The third kappa shape index (κ3) is 3.68. The van der Waals surface area contributed by atoms with Gasteiger partial charge in [-0.3, -0.25) is 4.90 Å². The third-order valence-electron chi connectivity index (χ3n) is 4.48. The number of anilines is 1. The smallest absolute Gasteiger partial charge is 0.337 e. The van der Waals surface area contributed by atoms with Crippen LogP contribution in [0.1, 0.15) is 18.5 Å². The van der Waals surface area contributed by atoms with Gasteiger partial charge >= 0.3 is 5.97 Å². The molecule has 0 saturated carbocycles. The Morgan fingerprint density at radius 1 is 1.25 bits per heavy atom. The van der Waals surface area contributed by atoms with Gasteiger partial charge in [0.1, 0.15) is 11.6 Å². The Morgan fingerprint density at radius 3 is 2.64 bits per heavy atom. The minimum atomic E-state index is -0.537. The van der Waals surface area contributed by atoms with Crippen LogP contribution in [0.3, 0.4) is 0 Å². The number of nitrogens with zero attached hydrogens (tertiary/aromatic N) is 1. The van der Waals surface area contributed by atoms with Crippen LogP contribution in [0.15, 0.2) is 53.7 Å². The second kappa shape index (κ2) is 8.16. The second-order valence-electron chi connectivity index (χ2n) is 6.08. The van der Waals surface area contributed by atoms with Gasteiger partial charge in [0.15, 0.2) is 5.11 Å². The van der Waals surface area contributed by atoms with Gasteiger partial charge in [-0.05, 0) is 55.0 Å². The highest BCUT2D eigenvalue weighted by Crippen LogP contribution is 2.36. The van der Waals surface area contributed by atoms with Crippen LogP contribution in [0.4, 0.5) is 10.1 Å². The fourth-order valence-corrected chi connectivity index (χ4v) is 3.66. The van der Waals surface area contributed by atoms with Crippen molar-refractivity contribution in [3.63, 3.8) is 0 Å². The summed E-state index contributed by atoms with van der Waals surface area (Å²) in [6, 6.07) is 11.0. The lowest BCUT2D eigenvalue weighted by atomic mass is 9.94. The molecule has 0 spiro atoms. The van der Waals surface area contributed by atoms with Crippen LogP contribution in [-0.4, -0.2) is 25.3 Å². The van der Waals surface area contributed by atoms with Crippen LogP contribution in [0.2, 0.25) is 5.02 Å². The van der Waals surface area contributed by atoms with Crippen molar-refractivity contribution in [2.45, 2.75) is 13.0 Å². The van der Waals surface area contributed by atoms with E-state index in [0.29, 0.717) is 27.8 Å². The van der Waals surface area contributed by atoms with Gasteiger partial charge in [0.2, 0.25) is 0 Å². The molecule has 0 amide bonds. The zero-order valence-corrected chi connectivity index (χ0v) is 17.0. The van der Waals surface area contributed by atoms with E-state index in [0.717, 1.165) is 5.56 Å². The number of carbonyl (C=O) groups excluding carboxylic acids is 1. The predicted octanol–water partition coefficient (Wildman–Crippen LogP) is 4.37. The van der Waals surface area contributed by atoms with Crippen molar-refractivity contribution in [3.05, 3.63) is 70.1 Å². The molecule has 1 atom stereocenters. The molecule has 0 aromatic heterocycles. The first-order valence-electron chi connectivity index (χ1n) is 8.36. The molecule has 0 bridgehead atoms. The lowest BCUT2D eigenvalue weighted by Gasteiger charge is -2.37. The van der Waals surface area contributed by atoms with Crippen molar-refractivity contribution < 1.29 is 18.7 Å². The molecule has 1 N–H and O–H groups in total. The zero-order valence-electron chi connectivity index (χ0n) is 15.5. The zero-order chi connectivity index (χ0) is 20.4. The Morgan fingerprint density at radius 2 is 2.00 bits per heavy atom. The molecule has 2 aromatic rings. The lowest BCUT2D eigenvalue weighted by Crippen LogP contribution is -2.48. The molecule has 3 rings (SSSR count). The highest BCUT2D eigenvalue weighted by molar-refractivity contribution is 7.80. The molecule has 1 aliphatic heterocycles. The fraction of sp³-hybridized carbons (Fsp3) is 0.200. The van der Waals surface area contributed by atoms with Crippen molar-refractivity contribution >= 4 is 40.6 Å². The number of hydrogen-bond donors (Lipinski definition) is 1. The van der Waals surface area contributed by atoms with Crippen LogP contribution in [0.5, 0.6) is 5.75 Å². The molecule has 0 fully saturated rings. The van der Waals surface area contributed by atoms with Crippen molar-refractivity contribution in [1.29, 1.82) is 0 Å². The summed E-state index contributed by atoms with van der Waals surface area (Å²) in [6.07, 6.45) is 0. The summed E-state index contributed by atoms with van der Waals surface area (Å²) >= 11 is 11.5. The number of hydrogen-bond acceptors (Lipinski definition) is 4. The largest absolute Gasteiger partial charge is 0.497 e. The van der Waals surface area contributed by atoms with E-state index in [9.17, 15) is 9.18 Å². The topological polar surface area (TPSA) is 50.8 Å². The number of esters is 1. The second-order valence-corrected chi connectivity index (χ2v) is 6.88. The predicted molar refractivity (Wildman–Crippen MR) is 110 cm³/mol. The Labute approximate surface area is 172 Å². The molecule has 28 heavy (non-hydrogen) atoms. The molecule has 1 aliphatic rings. The summed E-state index contributed by atoms with van der Waals surface area (Å²) in [5.41, 5.74) is 2.26. The number of carbonyl (C=O) groups is 1. The van der Waals surface area contributed by atoms with Gasteiger partial charge in [-0.1, -0.05) is 23.7 Å². The highest BCUT2D eigenvalue weighted by Gasteiger charge is 2.35. The van der Waals surface area contributed by atoms with Crippen LogP contribution >= 0.6 is 23.8 Å². The molecule has 0 aliphatic carbocycles. The van der Waals surface area contributed by atoms with Gasteiger partial charge in [-0.15, -0.1) is 0 Å². The van der Waals surface area contributed by atoms with E-state index in [1.165, 1.54) is 19.2 Å². The Kier molecular flexibility index (Phi) is 5.86. The molecule has 8 heteroatoms. The van der Waals surface area contributed by atoms with Crippen LogP contribution in [0, 0.1) is 5.82 Å². The minimum Gasteiger partial charge on any atom is -0.497 e. The number of nitrogens with one attached hydrogen (secondary N) is 1. The summed E-state index contributed by atoms with van der Waals surface area (Å²) in [5.74, 6) is -0.385. The number of thiocarbonyl (C=S) groups is 1. The van der Waals surface area contributed by atoms with Gasteiger partial charge in [-0.2, -0.15) is 0 Å². The maximum absolute atomic E-state index is 13.6. The van der Waals surface area contributed by atoms with Gasteiger partial charge in [0.25, 0.3) is 0 Å². The van der Waals surface area contributed by atoms with Crippen LogP contribution < -0.4 is 15.0 Å². The van der Waals surface area contributed by atoms with E-state index in [1.54, 1.807) is 25.0 Å². The van der Waals surface area contributed by atoms with Crippen LogP contribution in [-0.2, 0) is 9.53 Å². The number of rotatable bonds is 4. The summed E-state index contributed by atoms with van der Waals surface area (Å²) in [4.78, 5) is 14.2. The number of halogens is 2. The monoisotopic (exact) mass is 420 g/mol. The van der Waals surface area contributed by atoms with Gasteiger partial charge in [-0.25, -0.2) is 9.18 Å². The van der Waals surface area contributed by atoms with E-state index < -0.39 is 17.8 Å². The number of allylic oxidation sites excluding steroid dienone is 1. The van der Waals surface area contributed by atoms with E-state index in [4.69, 9.17) is 33.3 Å². The van der Waals surface area contributed by atoms with Gasteiger partial charge in [0.05, 0.1) is 30.9 Å². The average Bonchev–Trinajstić information content (AvgIpc) is 2.69. The lowest BCUT2D eigenvalue weighted by molar-refractivity contribution is -0.136. The van der Waals surface area contributed by atoms with Crippen molar-refractivity contribution in [2.75, 3.05) is 19.1 Å². The van der Waals surface area contributed by atoms with Crippen molar-refractivity contribution in [3.8, 4) is 5.75 Å². The normalized spacial score (nSPS) is 16.7. The third-order valence-corrected chi connectivity index (χ3v) is 5.07. The summed E-state index contributed by atoms with van der Waals surface area (Å²) in [7, 11) is 2.89. The Hall–Kier alpha value is -2.64. The number of benzene rings is 2. The number of ether oxygens (including phenoxy) is 2. The number of methoxy groups -OCH3 is 2. The first-order valence-corrected chi connectivity index (χ1v) is 9.14. The van der Waals surface area contributed by atoms with Crippen molar-refractivity contribution in [1.82, 2.24) is 5.32 Å². The van der Waals surface area contributed by atoms with Gasteiger partial charge < -0.3 is 14.8 Å². The molecule has 0 saturated heterocycles. The molecule has 2 aromatic carbocycles. The summed E-state index contributed by atoms with van der Waals surface area (Å²) < 4.78 is 23.9. The van der Waals surface area contributed by atoms with E-state index in [1.807, 2.05) is 24.3 Å². The van der Waals surface area contributed by atoms with E-state index in [-0.39, 0.29) is 5.02 Å². The minimum absolute atomic E-state index is 0.0392. The highest BCUT2D eigenvalue weighted by atomic mass is 35.5. The maximum atomic E-state index is 13.6. The SMILES string of the molecule is COC(=O)C1=C(C)N(c2ccc(F)c(Cl)c2)C(=S)NC1c1cccc(OC)c1. The molecule has 0 radical (unpaired) electrons. The quantitative estimate of drug-likeness (QED) is 0.585. The Bertz CT molecular complexity index is 980. The van der Waals surface area contributed by atoms with Crippen LogP contribution in [0.25, 0.3) is 0 Å². The Balaban J connectivity index is 2.14. The molecule has 1 heterocycles. The molecule has 5 nitrogen and oxygen atoms in total. The first-order chi connectivity index (χ1) is 13.4. The average molecular weight is 421 g/mol. The van der Waals surface area contributed by atoms with E-state index in [2.05, 4.69) is 5.32 Å². The molecule has 146 valence electrons. The summed E-state index contributed by atoms with van der Waals surface area (Å²) in [5, 5.41) is 3.48. The van der Waals surface area contributed by atoms with E-state index >= 15 is 0 Å². The summed E-state index contributed by atoms with van der Waals surface area (Å²) in [6.45, 7) is 1.75. The van der Waals surface area contributed by atoms with Crippen molar-refractivity contribution in [2.24, 2.45) is 0 Å². The maximum Gasteiger partial charge on any atom is 0.337 e.